The molecule has 100 valence electrons. The molecule has 1 rings (SSSR count). The van der Waals surface area contributed by atoms with Crippen LogP contribution in [0.5, 0.6) is 5.75 Å². The molecule has 1 aromatic carbocycles. The largest absolute Gasteiger partial charge is 0.492 e. The van der Waals surface area contributed by atoms with Crippen molar-refractivity contribution in [2.45, 2.75) is 20.3 Å². The van der Waals surface area contributed by atoms with Gasteiger partial charge < -0.3 is 15.4 Å². The average Bonchev–Trinajstić information content (AvgIpc) is 2.38. The summed E-state index contributed by atoms with van der Waals surface area (Å²) in [5.41, 5.74) is 6.47. The van der Waals surface area contributed by atoms with E-state index < -0.39 is 0 Å². The lowest BCUT2D eigenvalue weighted by Gasteiger charge is -2.20. The van der Waals surface area contributed by atoms with Crippen molar-refractivity contribution in [2.75, 3.05) is 26.2 Å². The Morgan fingerprint density at radius 1 is 1.28 bits per heavy atom. The van der Waals surface area contributed by atoms with Crippen LogP contribution in [0.3, 0.4) is 0 Å². The van der Waals surface area contributed by atoms with Crippen LogP contribution in [-0.4, -0.2) is 36.1 Å². The van der Waals surface area contributed by atoms with Crippen LogP contribution >= 0.6 is 12.2 Å². The van der Waals surface area contributed by atoms with E-state index in [1.165, 1.54) is 0 Å². The summed E-state index contributed by atoms with van der Waals surface area (Å²) in [4.78, 5) is 2.75. The van der Waals surface area contributed by atoms with Crippen LogP contribution in [0.2, 0.25) is 0 Å². The van der Waals surface area contributed by atoms with Gasteiger partial charge in [-0.05, 0) is 31.6 Å². The first-order chi connectivity index (χ1) is 8.69. The normalized spacial score (nSPS) is 10.6. The molecule has 0 aliphatic rings. The maximum atomic E-state index is 5.77. The smallest absolute Gasteiger partial charge is 0.129 e. The highest BCUT2D eigenvalue weighted by molar-refractivity contribution is 7.80. The van der Waals surface area contributed by atoms with Gasteiger partial charge in [-0.25, -0.2) is 0 Å². The molecule has 0 bridgehead atoms. The molecule has 4 heteroatoms. The predicted molar refractivity (Wildman–Crippen MR) is 80.2 cm³/mol. The topological polar surface area (TPSA) is 38.5 Å². The van der Waals surface area contributed by atoms with Crippen LogP contribution in [0.15, 0.2) is 24.3 Å². The first-order valence-electron chi connectivity index (χ1n) is 6.43. The number of nitrogens with zero attached hydrogens (tertiary/aromatic N) is 1. The number of rotatable bonds is 8. The van der Waals surface area contributed by atoms with E-state index in [2.05, 4.69) is 18.7 Å². The Labute approximate surface area is 115 Å². The highest BCUT2D eigenvalue weighted by Gasteiger charge is 2.06. The minimum absolute atomic E-state index is 0.381. The van der Waals surface area contributed by atoms with Gasteiger partial charge in [-0.15, -0.1) is 0 Å². The zero-order chi connectivity index (χ0) is 13.4. The second-order valence-corrected chi connectivity index (χ2v) is 4.58. The molecule has 0 spiro atoms. The molecule has 0 radical (unpaired) electrons. The zero-order valence-corrected chi connectivity index (χ0v) is 12.0. The molecule has 0 fully saturated rings. The Kier molecular flexibility index (Phi) is 6.68. The van der Waals surface area contributed by atoms with Crippen LogP contribution in [-0.2, 0) is 0 Å². The molecule has 0 unspecified atom stereocenters. The summed E-state index contributed by atoms with van der Waals surface area (Å²) in [7, 11) is 0. The van der Waals surface area contributed by atoms with E-state index in [1.807, 2.05) is 24.3 Å². The molecule has 18 heavy (non-hydrogen) atoms. The Morgan fingerprint density at radius 2 is 2.00 bits per heavy atom. The number of para-hydroxylation sites is 1. The van der Waals surface area contributed by atoms with Crippen LogP contribution in [0, 0.1) is 0 Å². The molecule has 0 saturated heterocycles. The van der Waals surface area contributed by atoms with Crippen molar-refractivity contribution in [1.29, 1.82) is 0 Å². The molecule has 3 nitrogen and oxygen atoms in total. The summed E-state index contributed by atoms with van der Waals surface area (Å²) in [6.45, 7) is 8.10. The van der Waals surface area contributed by atoms with Crippen LogP contribution < -0.4 is 10.5 Å². The highest BCUT2D eigenvalue weighted by atomic mass is 32.1. The van der Waals surface area contributed by atoms with Crippen molar-refractivity contribution >= 4 is 17.2 Å². The average molecular weight is 266 g/mol. The van der Waals surface area contributed by atoms with Gasteiger partial charge in [-0.1, -0.05) is 38.2 Å². The first kappa shape index (κ1) is 14.9. The SMILES string of the molecule is CCCN(CC)CCOc1ccccc1C(N)=S. The van der Waals surface area contributed by atoms with Crippen molar-refractivity contribution < 1.29 is 4.74 Å². The minimum Gasteiger partial charge on any atom is -0.492 e. The number of hydrogen-bond donors (Lipinski definition) is 1. The molecule has 0 atom stereocenters. The van der Waals surface area contributed by atoms with Crippen molar-refractivity contribution in [1.82, 2.24) is 4.90 Å². The minimum atomic E-state index is 0.381. The number of thiocarbonyl (C=S) groups is 1. The lowest BCUT2D eigenvalue weighted by atomic mass is 10.2. The van der Waals surface area contributed by atoms with Gasteiger partial charge in [0.25, 0.3) is 0 Å². The fourth-order valence-corrected chi connectivity index (χ4v) is 1.99. The zero-order valence-electron chi connectivity index (χ0n) is 11.2. The lowest BCUT2D eigenvalue weighted by molar-refractivity contribution is 0.216. The van der Waals surface area contributed by atoms with Gasteiger partial charge in [-0.3, -0.25) is 0 Å². The van der Waals surface area contributed by atoms with Crippen LogP contribution in [0.1, 0.15) is 25.8 Å². The summed E-state index contributed by atoms with van der Waals surface area (Å²) in [6.07, 6.45) is 1.16. The van der Waals surface area contributed by atoms with Gasteiger partial charge in [0, 0.05) is 6.54 Å². The van der Waals surface area contributed by atoms with E-state index >= 15 is 0 Å². The van der Waals surface area contributed by atoms with Gasteiger partial charge in [-0.2, -0.15) is 0 Å². The molecule has 0 heterocycles. The number of hydrogen-bond acceptors (Lipinski definition) is 3. The summed E-state index contributed by atoms with van der Waals surface area (Å²) >= 11 is 5.00. The van der Waals surface area contributed by atoms with E-state index in [0.717, 1.165) is 37.4 Å². The number of nitrogens with two attached hydrogens (primary N) is 1. The highest BCUT2D eigenvalue weighted by Crippen LogP contribution is 2.17. The van der Waals surface area contributed by atoms with Gasteiger partial charge >= 0.3 is 0 Å². The van der Waals surface area contributed by atoms with Crippen molar-refractivity contribution in [3.05, 3.63) is 29.8 Å². The monoisotopic (exact) mass is 266 g/mol. The Morgan fingerprint density at radius 3 is 2.61 bits per heavy atom. The molecule has 2 N–H and O–H groups in total. The van der Waals surface area contributed by atoms with E-state index in [1.54, 1.807) is 0 Å². The molecule has 0 aliphatic heterocycles. The molecular formula is C14H22N2OS. The van der Waals surface area contributed by atoms with E-state index in [0.29, 0.717) is 11.6 Å². The number of ether oxygens (including phenoxy) is 1. The summed E-state index contributed by atoms with van der Waals surface area (Å²) in [5, 5.41) is 0. The molecule has 0 aromatic heterocycles. The van der Waals surface area contributed by atoms with E-state index in [9.17, 15) is 0 Å². The summed E-state index contributed by atoms with van der Waals surface area (Å²) in [5.74, 6) is 0.776. The van der Waals surface area contributed by atoms with Crippen LogP contribution in [0.25, 0.3) is 0 Å². The van der Waals surface area contributed by atoms with Gasteiger partial charge in [0.05, 0.1) is 5.56 Å². The quantitative estimate of drug-likeness (QED) is 0.734. The van der Waals surface area contributed by atoms with Gasteiger partial charge in [0.2, 0.25) is 0 Å². The second kappa shape index (κ2) is 8.06. The lowest BCUT2D eigenvalue weighted by Crippen LogP contribution is -2.29. The Hall–Kier alpha value is -1.13. The van der Waals surface area contributed by atoms with Crippen molar-refractivity contribution in [2.24, 2.45) is 5.73 Å². The molecule has 0 amide bonds. The fourth-order valence-electron chi connectivity index (χ4n) is 1.83. The third kappa shape index (κ3) is 4.63. The standard InChI is InChI=1S/C14H22N2OS/c1-3-9-16(4-2)10-11-17-13-8-6-5-7-12(13)14(15)18/h5-8H,3-4,9-11H2,1-2H3,(H2,15,18). The third-order valence-electron chi connectivity index (χ3n) is 2.80. The Balaban J connectivity index is 2.50. The van der Waals surface area contributed by atoms with Gasteiger partial charge in [0.15, 0.2) is 0 Å². The third-order valence-corrected chi connectivity index (χ3v) is 3.02. The predicted octanol–water partition coefficient (Wildman–Crippen LogP) is 2.43. The summed E-state index contributed by atoms with van der Waals surface area (Å²) < 4.78 is 5.77. The van der Waals surface area contributed by atoms with Crippen LogP contribution in [0.4, 0.5) is 0 Å². The van der Waals surface area contributed by atoms with E-state index in [-0.39, 0.29) is 0 Å². The molecule has 0 saturated carbocycles. The molecular weight excluding hydrogens is 244 g/mol. The molecule has 0 aliphatic carbocycles. The van der Waals surface area contributed by atoms with Crippen molar-refractivity contribution in [3.8, 4) is 5.75 Å². The first-order valence-corrected chi connectivity index (χ1v) is 6.83. The molecule has 1 aromatic rings. The maximum absolute atomic E-state index is 5.77. The second-order valence-electron chi connectivity index (χ2n) is 4.14. The maximum Gasteiger partial charge on any atom is 0.129 e. The fraction of sp³-hybridized carbons (Fsp3) is 0.500. The Bertz CT molecular complexity index is 382. The van der Waals surface area contributed by atoms with Crippen molar-refractivity contribution in [3.63, 3.8) is 0 Å². The van der Waals surface area contributed by atoms with Gasteiger partial charge in [0.1, 0.15) is 17.3 Å². The number of benzene rings is 1. The van der Waals surface area contributed by atoms with E-state index in [4.69, 9.17) is 22.7 Å². The summed E-state index contributed by atoms with van der Waals surface area (Å²) in [6, 6.07) is 7.64. The number of likely N-dealkylation sites (N-methyl/N-ethyl adjacent to an activating group) is 1.